The molecule has 94 valence electrons. The van der Waals surface area contributed by atoms with Crippen molar-refractivity contribution in [3.63, 3.8) is 0 Å². The van der Waals surface area contributed by atoms with E-state index in [0.29, 0.717) is 5.56 Å². The molecule has 19 heavy (non-hydrogen) atoms. The lowest BCUT2D eigenvalue weighted by molar-refractivity contribution is 0.600. The highest BCUT2D eigenvalue weighted by atomic mass is 19.1. The van der Waals surface area contributed by atoms with Crippen molar-refractivity contribution in [3.8, 4) is 0 Å². The molecular formula is C16H13FN2. The summed E-state index contributed by atoms with van der Waals surface area (Å²) in [6, 6.07) is 15.7. The molecule has 0 amide bonds. The van der Waals surface area contributed by atoms with Gasteiger partial charge >= 0.3 is 0 Å². The van der Waals surface area contributed by atoms with Crippen molar-refractivity contribution in [2.75, 3.05) is 0 Å². The van der Waals surface area contributed by atoms with Crippen LogP contribution in [0.4, 0.5) is 4.39 Å². The van der Waals surface area contributed by atoms with Crippen LogP contribution in [0.5, 0.6) is 0 Å². The number of benzene rings is 2. The molecule has 0 aliphatic heterocycles. The van der Waals surface area contributed by atoms with E-state index in [2.05, 4.69) is 4.98 Å². The van der Waals surface area contributed by atoms with Gasteiger partial charge in [-0.2, -0.15) is 0 Å². The Morgan fingerprint density at radius 3 is 2.68 bits per heavy atom. The molecule has 0 bridgehead atoms. The van der Waals surface area contributed by atoms with E-state index in [1.165, 1.54) is 6.07 Å². The topological polar surface area (TPSA) is 38.9 Å². The monoisotopic (exact) mass is 252 g/mol. The summed E-state index contributed by atoms with van der Waals surface area (Å²) in [5, 5.41) is 1.01. The van der Waals surface area contributed by atoms with Gasteiger partial charge < -0.3 is 5.73 Å². The Morgan fingerprint density at radius 2 is 1.84 bits per heavy atom. The van der Waals surface area contributed by atoms with Crippen LogP contribution in [-0.2, 0) is 0 Å². The van der Waals surface area contributed by atoms with E-state index >= 15 is 0 Å². The van der Waals surface area contributed by atoms with Crippen LogP contribution >= 0.6 is 0 Å². The maximum Gasteiger partial charge on any atom is 0.128 e. The van der Waals surface area contributed by atoms with Crippen molar-refractivity contribution < 1.29 is 4.39 Å². The summed E-state index contributed by atoms with van der Waals surface area (Å²) in [4.78, 5) is 4.26. The Balaban J connectivity index is 2.07. The Bertz CT molecular complexity index is 725. The van der Waals surface area contributed by atoms with Crippen molar-refractivity contribution in [1.82, 2.24) is 4.98 Å². The van der Waals surface area contributed by atoms with Gasteiger partial charge in [-0.3, -0.25) is 4.98 Å². The van der Waals surface area contributed by atoms with Crippen molar-refractivity contribution >= 4 is 10.9 Å². The summed E-state index contributed by atoms with van der Waals surface area (Å²) < 4.78 is 13.7. The number of fused-ring (bicyclic) bond motifs is 1. The summed E-state index contributed by atoms with van der Waals surface area (Å²) in [6.45, 7) is 0. The van der Waals surface area contributed by atoms with Crippen LogP contribution in [0.25, 0.3) is 10.9 Å². The molecule has 0 aliphatic rings. The largest absolute Gasteiger partial charge is 0.320 e. The second-order valence-electron chi connectivity index (χ2n) is 4.45. The van der Waals surface area contributed by atoms with E-state index in [0.717, 1.165) is 16.5 Å². The third-order valence-corrected chi connectivity index (χ3v) is 3.23. The number of pyridine rings is 1. The minimum atomic E-state index is -0.467. The third kappa shape index (κ3) is 2.20. The summed E-state index contributed by atoms with van der Waals surface area (Å²) >= 11 is 0. The average molecular weight is 252 g/mol. The van der Waals surface area contributed by atoms with Crippen molar-refractivity contribution in [1.29, 1.82) is 0 Å². The first-order valence-electron chi connectivity index (χ1n) is 6.10. The van der Waals surface area contributed by atoms with Gasteiger partial charge in [0.1, 0.15) is 5.82 Å². The third-order valence-electron chi connectivity index (χ3n) is 3.23. The van der Waals surface area contributed by atoms with Crippen molar-refractivity contribution in [2.24, 2.45) is 5.73 Å². The molecule has 3 heteroatoms. The van der Waals surface area contributed by atoms with Gasteiger partial charge in [-0.1, -0.05) is 30.3 Å². The Hall–Kier alpha value is -2.26. The molecule has 0 aliphatic carbocycles. The fourth-order valence-corrected chi connectivity index (χ4v) is 2.19. The van der Waals surface area contributed by atoms with E-state index in [4.69, 9.17) is 5.73 Å². The lowest BCUT2D eigenvalue weighted by Crippen LogP contribution is -2.13. The van der Waals surface area contributed by atoms with Gasteiger partial charge in [0.15, 0.2) is 0 Å². The van der Waals surface area contributed by atoms with Gasteiger partial charge in [-0.15, -0.1) is 0 Å². The molecule has 1 unspecified atom stereocenters. The molecule has 2 aromatic carbocycles. The molecule has 2 nitrogen and oxygen atoms in total. The molecular weight excluding hydrogens is 239 g/mol. The minimum Gasteiger partial charge on any atom is -0.320 e. The molecule has 1 aromatic heterocycles. The summed E-state index contributed by atoms with van der Waals surface area (Å²) in [6.07, 6.45) is 1.75. The number of hydrogen-bond donors (Lipinski definition) is 1. The average Bonchev–Trinajstić information content (AvgIpc) is 2.46. The number of hydrogen-bond acceptors (Lipinski definition) is 2. The lowest BCUT2D eigenvalue weighted by Gasteiger charge is -2.14. The highest BCUT2D eigenvalue weighted by Crippen LogP contribution is 2.24. The van der Waals surface area contributed by atoms with E-state index in [1.807, 2.05) is 30.3 Å². The zero-order valence-corrected chi connectivity index (χ0v) is 10.3. The lowest BCUT2D eigenvalue weighted by atomic mass is 9.98. The van der Waals surface area contributed by atoms with E-state index in [-0.39, 0.29) is 5.82 Å². The molecule has 1 atom stereocenters. The molecule has 0 radical (unpaired) electrons. The smallest absolute Gasteiger partial charge is 0.128 e. The number of aromatic nitrogens is 1. The normalized spacial score (nSPS) is 12.5. The molecule has 0 fully saturated rings. The number of nitrogens with zero attached hydrogens (tertiary/aromatic N) is 1. The molecule has 3 rings (SSSR count). The zero-order valence-electron chi connectivity index (χ0n) is 10.3. The molecule has 2 N–H and O–H groups in total. The van der Waals surface area contributed by atoms with Crippen LogP contribution in [0, 0.1) is 5.82 Å². The number of nitrogens with two attached hydrogens (primary N) is 1. The van der Waals surface area contributed by atoms with Gasteiger partial charge in [0.25, 0.3) is 0 Å². The molecule has 0 saturated carbocycles. The van der Waals surface area contributed by atoms with Crippen LogP contribution in [0.2, 0.25) is 0 Å². The zero-order chi connectivity index (χ0) is 13.2. The molecule has 0 spiro atoms. The highest BCUT2D eigenvalue weighted by Gasteiger charge is 2.13. The quantitative estimate of drug-likeness (QED) is 0.759. The Kier molecular flexibility index (Phi) is 2.97. The second kappa shape index (κ2) is 4.78. The standard InChI is InChI=1S/C16H13FN2/c17-14-6-2-1-5-13(14)16(18)12-7-8-15-11(10-12)4-3-9-19-15/h1-10,16H,18H2. The first-order chi connectivity index (χ1) is 9.25. The van der Waals surface area contributed by atoms with Crippen LogP contribution in [0.3, 0.4) is 0 Å². The fraction of sp³-hybridized carbons (Fsp3) is 0.0625. The molecule has 0 saturated heterocycles. The second-order valence-corrected chi connectivity index (χ2v) is 4.45. The molecule has 1 heterocycles. The van der Waals surface area contributed by atoms with Gasteiger partial charge in [-0.25, -0.2) is 4.39 Å². The minimum absolute atomic E-state index is 0.277. The SMILES string of the molecule is NC(c1ccc2ncccc2c1)c1ccccc1F. The van der Waals surface area contributed by atoms with Crippen molar-refractivity contribution in [2.45, 2.75) is 6.04 Å². The predicted octanol–water partition coefficient (Wildman–Crippen LogP) is 3.42. The first-order valence-corrected chi connectivity index (χ1v) is 6.10. The van der Waals surface area contributed by atoms with Gasteiger partial charge in [0, 0.05) is 17.1 Å². The Morgan fingerprint density at radius 1 is 1.00 bits per heavy atom. The van der Waals surface area contributed by atoms with E-state index < -0.39 is 6.04 Å². The maximum atomic E-state index is 13.7. The van der Waals surface area contributed by atoms with Gasteiger partial charge in [-0.05, 0) is 29.8 Å². The van der Waals surface area contributed by atoms with Crippen LogP contribution < -0.4 is 5.73 Å². The van der Waals surface area contributed by atoms with Crippen LogP contribution in [0.1, 0.15) is 17.2 Å². The predicted molar refractivity (Wildman–Crippen MR) is 74.2 cm³/mol. The first kappa shape index (κ1) is 11.8. The number of rotatable bonds is 2. The van der Waals surface area contributed by atoms with Gasteiger partial charge in [0.2, 0.25) is 0 Å². The van der Waals surface area contributed by atoms with E-state index in [1.54, 1.807) is 24.4 Å². The highest BCUT2D eigenvalue weighted by molar-refractivity contribution is 5.79. The maximum absolute atomic E-state index is 13.7. The van der Waals surface area contributed by atoms with Crippen molar-refractivity contribution in [3.05, 3.63) is 77.7 Å². The van der Waals surface area contributed by atoms with Crippen LogP contribution in [-0.4, -0.2) is 4.98 Å². The summed E-state index contributed by atoms with van der Waals surface area (Å²) in [7, 11) is 0. The summed E-state index contributed by atoms with van der Waals surface area (Å²) in [5.41, 5.74) is 8.44. The van der Waals surface area contributed by atoms with Crippen LogP contribution in [0.15, 0.2) is 60.8 Å². The van der Waals surface area contributed by atoms with Gasteiger partial charge in [0.05, 0.1) is 11.6 Å². The molecule has 3 aromatic rings. The Labute approximate surface area is 110 Å². The van der Waals surface area contributed by atoms with E-state index in [9.17, 15) is 4.39 Å². The fourth-order valence-electron chi connectivity index (χ4n) is 2.19. The summed E-state index contributed by atoms with van der Waals surface area (Å²) in [5.74, 6) is -0.277. The number of halogens is 1.